The standard InChI is InChI=1S/C19H17N2O/c1-20-12-13-21(15-20)18(16-8-4-2-5-9-16)14-19(22)17-10-6-3-7-11-17/h2-15H,1H3/q+1/b18-14+. The van der Waals surface area contributed by atoms with Crippen LogP contribution in [0.3, 0.4) is 0 Å². The molecule has 1 heterocycles. The van der Waals surface area contributed by atoms with Crippen molar-refractivity contribution in [2.75, 3.05) is 0 Å². The summed E-state index contributed by atoms with van der Waals surface area (Å²) in [4.78, 5) is 12.5. The summed E-state index contributed by atoms with van der Waals surface area (Å²) in [7, 11) is 1.96. The zero-order valence-electron chi connectivity index (χ0n) is 12.4. The molecule has 3 heteroatoms. The van der Waals surface area contributed by atoms with E-state index in [-0.39, 0.29) is 5.78 Å². The van der Waals surface area contributed by atoms with Gasteiger partial charge in [0.25, 0.3) is 0 Å². The lowest BCUT2D eigenvalue weighted by Crippen LogP contribution is -2.23. The molecule has 0 aliphatic rings. The molecule has 3 nitrogen and oxygen atoms in total. The average Bonchev–Trinajstić information content (AvgIpc) is 3.00. The number of ketones is 1. The number of hydrogen-bond donors (Lipinski definition) is 0. The average molecular weight is 289 g/mol. The lowest BCUT2D eigenvalue weighted by molar-refractivity contribution is -0.670. The van der Waals surface area contributed by atoms with Crippen LogP contribution in [-0.2, 0) is 7.05 Å². The predicted molar refractivity (Wildman–Crippen MR) is 86.2 cm³/mol. The van der Waals surface area contributed by atoms with Crippen molar-refractivity contribution in [3.63, 3.8) is 0 Å². The van der Waals surface area contributed by atoms with Crippen molar-refractivity contribution >= 4 is 11.5 Å². The Labute approximate surface area is 129 Å². The molecular formula is C19H17N2O+. The number of allylic oxidation sites excluding steroid dienone is 1. The molecule has 108 valence electrons. The maximum atomic E-state index is 12.5. The zero-order chi connectivity index (χ0) is 15.4. The third kappa shape index (κ3) is 3.04. The van der Waals surface area contributed by atoms with E-state index in [1.54, 1.807) is 6.08 Å². The van der Waals surface area contributed by atoms with Crippen LogP contribution < -0.4 is 4.57 Å². The highest BCUT2D eigenvalue weighted by atomic mass is 16.1. The highest BCUT2D eigenvalue weighted by molar-refractivity contribution is 6.08. The molecule has 0 radical (unpaired) electrons. The van der Waals surface area contributed by atoms with E-state index < -0.39 is 0 Å². The smallest absolute Gasteiger partial charge is 0.248 e. The largest absolute Gasteiger partial charge is 0.289 e. The Hall–Kier alpha value is -2.94. The van der Waals surface area contributed by atoms with Gasteiger partial charge < -0.3 is 0 Å². The fourth-order valence-electron chi connectivity index (χ4n) is 2.32. The van der Waals surface area contributed by atoms with Gasteiger partial charge in [-0.25, -0.2) is 9.13 Å². The van der Waals surface area contributed by atoms with Crippen LogP contribution in [0.5, 0.6) is 0 Å². The summed E-state index contributed by atoms with van der Waals surface area (Å²) in [6.45, 7) is 0. The summed E-state index contributed by atoms with van der Waals surface area (Å²) in [5.74, 6) is -0.00388. The minimum Gasteiger partial charge on any atom is -0.289 e. The molecule has 0 bridgehead atoms. The number of carbonyl (C=O) groups excluding carboxylic acids is 1. The summed E-state index contributed by atoms with van der Waals surface area (Å²) >= 11 is 0. The normalized spacial score (nSPS) is 11.4. The molecule has 0 N–H and O–H groups in total. The first-order chi connectivity index (χ1) is 10.7. The Morgan fingerprint density at radius 1 is 0.955 bits per heavy atom. The maximum Gasteiger partial charge on any atom is 0.248 e. The minimum atomic E-state index is -0.00388. The van der Waals surface area contributed by atoms with Gasteiger partial charge in [-0.2, -0.15) is 0 Å². The van der Waals surface area contributed by atoms with Gasteiger partial charge >= 0.3 is 0 Å². The van der Waals surface area contributed by atoms with Crippen molar-refractivity contribution in [1.29, 1.82) is 0 Å². The summed E-state index contributed by atoms with van der Waals surface area (Å²) in [6, 6.07) is 19.2. The number of carbonyl (C=O) groups is 1. The number of imidazole rings is 1. The van der Waals surface area contributed by atoms with Crippen LogP contribution in [0.2, 0.25) is 0 Å². The van der Waals surface area contributed by atoms with Gasteiger partial charge in [-0.1, -0.05) is 60.7 Å². The number of nitrogens with zero attached hydrogens (tertiary/aromatic N) is 2. The molecule has 0 saturated carbocycles. The van der Waals surface area contributed by atoms with Gasteiger partial charge in [-0.15, -0.1) is 0 Å². The third-order valence-electron chi connectivity index (χ3n) is 3.44. The summed E-state index contributed by atoms with van der Waals surface area (Å²) in [5, 5.41) is 0. The highest BCUT2D eigenvalue weighted by Gasteiger charge is 2.13. The second-order valence-electron chi connectivity index (χ2n) is 5.11. The van der Waals surface area contributed by atoms with Gasteiger partial charge in [0, 0.05) is 17.2 Å². The Balaban J connectivity index is 2.06. The molecular weight excluding hydrogens is 272 g/mol. The number of benzene rings is 2. The molecule has 0 unspecified atom stereocenters. The van der Waals surface area contributed by atoms with E-state index in [0.717, 1.165) is 11.3 Å². The molecule has 0 saturated heterocycles. The molecule has 2 aromatic carbocycles. The van der Waals surface area contributed by atoms with Gasteiger partial charge in [0.15, 0.2) is 5.78 Å². The SMILES string of the molecule is C[n+]1ccn(/C(=C/C(=O)c2ccccc2)c2ccccc2)c1. The molecule has 0 atom stereocenters. The molecule has 3 aromatic rings. The van der Waals surface area contributed by atoms with Gasteiger partial charge in [-0.05, 0) is 0 Å². The first-order valence-electron chi connectivity index (χ1n) is 7.14. The molecule has 0 spiro atoms. The van der Waals surface area contributed by atoms with Crippen molar-refractivity contribution in [3.05, 3.63) is 96.6 Å². The van der Waals surface area contributed by atoms with E-state index in [2.05, 4.69) is 0 Å². The van der Waals surface area contributed by atoms with Gasteiger partial charge in [0.05, 0.1) is 7.05 Å². The Morgan fingerprint density at radius 3 is 2.09 bits per heavy atom. The summed E-state index contributed by atoms with van der Waals surface area (Å²) < 4.78 is 3.90. The van der Waals surface area contributed by atoms with Crippen LogP contribution in [0.1, 0.15) is 15.9 Å². The van der Waals surface area contributed by atoms with E-state index in [1.165, 1.54) is 0 Å². The molecule has 1 aromatic heterocycles. The maximum absolute atomic E-state index is 12.5. The predicted octanol–water partition coefficient (Wildman–Crippen LogP) is 3.08. The van der Waals surface area contributed by atoms with Gasteiger partial charge in [0.2, 0.25) is 6.33 Å². The molecule has 0 fully saturated rings. The minimum absolute atomic E-state index is 0.00388. The second-order valence-corrected chi connectivity index (χ2v) is 5.11. The van der Waals surface area contributed by atoms with E-state index in [0.29, 0.717) is 5.56 Å². The van der Waals surface area contributed by atoms with E-state index >= 15 is 0 Å². The fraction of sp³-hybridized carbons (Fsp3) is 0.0526. The fourth-order valence-corrected chi connectivity index (χ4v) is 2.32. The van der Waals surface area contributed by atoms with Crippen LogP contribution in [0.15, 0.2) is 85.5 Å². The van der Waals surface area contributed by atoms with Crippen LogP contribution in [0.25, 0.3) is 5.70 Å². The topological polar surface area (TPSA) is 25.9 Å². The number of rotatable bonds is 4. The lowest BCUT2D eigenvalue weighted by Gasteiger charge is -2.03. The first kappa shape index (κ1) is 14.0. The van der Waals surface area contributed by atoms with Crippen LogP contribution in [-0.4, -0.2) is 10.4 Å². The third-order valence-corrected chi connectivity index (χ3v) is 3.44. The molecule has 3 rings (SSSR count). The highest BCUT2D eigenvalue weighted by Crippen LogP contribution is 2.17. The van der Waals surface area contributed by atoms with E-state index in [1.807, 2.05) is 95.6 Å². The molecule has 0 aliphatic carbocycles. The second kappa shape index (κ2) is 6.22. The Kier molecular flexibility index (Phi) is 3.97. The molecule has 22 heavy (non-hydrogen) atoms. The Morgan fingerprint density at radius 2 is 1.55 bits per heavy atom. The van der Waals surface area contributed by atoms with Crippen molar-refractivity contribution in [2.45, 2.75) is 0 Å². The van der Waals surface area contributed by atoms with Gasteiger partial charge in [0.1, 0.15) is 18.1 Å². The number of aromatic nitrogens is 2. The lowest BCUT2D eigenvalue weighted by atomic mass is 10.1. The van der Waals surface area contributed by atoms with E-state index in [9.17, 15) is 4.79 Å². The van der Waals surface area contributed by atoms with Crippen LogP contribution in [0, 0.1) is 0 Å². The molecule has 0 aliphatic heterocycles. The Bertz CT molecular complexity index is 802. The van der Waals surface area contributed by atoms with Crippen LogP contribution >= 0.6 is 0 Å². The van der Waals surface area contributed by atoms with Crippen molar-refractivity contribution in [3.8, 4) is 0 Å². The van der Waals surface area contributed by atoms with Crippen molar-refractivity contribution in [2.24, 2.45) is 7.05 Å². The summed E-state index contributed by atoms with van der Waals surface area (Å²) in [5.41, 5.74) is 2.55. The molecule has 0 amide bonds. The van der Waals surface area contributed by atoms with Crippen molar-refractivity contribution in [1.82, 2.24) is 4.57 Å². The monoisotopic (exact) mass is 289 g/mol. The van der Waals surface area contributed by atoms with E-state index in [4.69, 9.17) is 0 Å². The first-order valence-corrected chi connectivity index (χ1v) is 7.14. The van der Waals surface area contributed by atoms with Gasteiger partial charge in [-0.3, -0.25) is 4.79 Å². The van der Waals surface area contributed by atoms with Crippen molar-refractivity contribution < 1.29 is 9.36 Å². The summed E-state index contributed by atoms with van der Waals surface area (Å²) in [6.07, 6.45) is 7.52. The number of aryl methyl sites for hydroxylation is 1. The zero-order valence-corrected chi connectivity index (χ0v) is 12.4. The van der Waals surface area contributed by atoms with Crippen LogP contribution in [0.4, 0.5) is 0 Å². The number of hydrogen-bond acceptors (Lipinski definition) is 1. The quantitative estimate of drug-likeness (QED) is 0.412.